The third kappa shape index (κ3) is 5.62. The maximum Gasteiger partial charge on any atom is 0.271 e. The maximum absolute atomic E-state index is 12.3. The maximum atomic E-state index is 12.3. The van der Waals surface area contributed by atoms with Crippen LogP contribution >= 0.6 is 24.0 Å². The van der Waals surface area contributed by atoms with Crippen molar-refractivity contribution in [2.75, 3.05) is 19.6 Å². The summed E-state index contributed by atoms with van der Waals surface area (Å²) in [6, 6.07) is 9.28. The molecule has 3 rings (SSSR count). The van der Waals surface area contributed by atoms with E-state index in [9.17, 15) is 4.79 Å². The third-order valence-electron chi connectivity index (χ3n) is 4.17. The molecule has 1 aliphatic heterocycles. The topological polar surface area (TPSA) is 68.2 Å². The Hall–Kier alpha value is -1.76. The molecule has 1 amide bonds. The molecule has 0 spiro atoms. The van der Waals surface area contributed by atoms with Gasteiger partial charge in [-0.25, -0.2) is 0 Å². The third-order valence-corrected chi connectivity index (χ3v) is 4.40. The lowest BCUT2D eigenvalue weighted by Gasteiger charge is -2.22. The highest BCUT2D eigenvalue weighted by Gasteiger charge is 2.18. The van der Waals surface area contributed by atoms with Crippen LogP contribution in [0.25, 0.3) is 0 Å². The second-order valence-corrected chi connectivity index (χ2v) is 6.71. The van der Waals surface area contributed by atoms with Gasteiger partial charge in [-0.05, 0) is 50.6 Å². The van der Waals surface area contributed by atoms with Crippen LogP contribution in [0, 0.1) is 0 Å². The second kappa shape index (κ2) is 9.80. The summed E-state index contributed by atoms with van der Waals surface area (Å²) in [4.78, 5) is 12.3. The summed E-state index contributed by atoms with van der Waals surface area (Å²) in [6.07, 6.45) is 3.91. The molecule has 1 fully saturated rings. The Morgan fingerprint density at radius 1 is 1.50 bits per heavy atom. The standard InChI is InChI=1S/C18H23ClN4O2.ClH/c1-13(25-16-6-2-4-14(19)10-16)11-21-18(24)17-7-9-23(22-17)15-5-3-8-20-12-15;/h2,4,6-7,9-10,13,15,20H,3,5,8,11-12H2,1H3,(H,21,24);1H. The van der Waals surface area contributed by atoms with Crippen LogP contribution in [-0.4, -0.2) is 41.4 Å². The molecular formula is C18H24Cl2N4O2. The zero-order valence-corrected chi connectivity index (χ0v) is 16.2. The highest BCUT2D eigenvalue weighted by Crippen LogP contribution is 2.18. The number of aromatic nitrogens is 2. The van der Waals surface area contributed by atoms with Gasteiger partial charge in [0.1, 0.15) is 17.5 Å². The molecular weight excluding hydrogens is 375 g/mol. The Bertz CT molecular complexity index is 717. The van der Waals surface area contributed by atoms with Crippen molar-refractivity contribution >= 4 is 29.9 Å². The van der Waals surface area contributed by atoms with Crippen molar-refractivity contribution in [3.8, 4) is 5.75 Å². The Kier molecular flexibility index (Phi) is 7.75. The second-order valence-electron chi connectivity index (χ2n) is 6.28. The van der Waals surface area contributed by atoms with Crippen molar-refractivity contribution in [3.63, 3.8) is 0 Å². The zero-order chi connectivity index (χ0) is 17.6. The molecule has 2 N–H and O–H groups in total. The number of carbonyl (C=O) groups is 1. The Balaban J connectivity index is 0.00000243. The van der Waals surface area contributed by atoms with E-state index in [1.54, 1.807) is 18.2 Å². The predicted octanol–water partition coefficient (Wildman–Crippen LogP) is 3.08. The van der Waals surface area contributed by atoms with E-state index in [-0.39, 0.29) is 24.4 Å². The molecule has 0 radical (unpaired) electrons. The fourth-order valence-electron chi connectivity index (χ4n) is 2.86. The van der Waals surface area contributed by atoms with Crippen LogP contribution in [0.2, 0.25) is 5.02 Å². The lowest BCUT2D eigenvalue weighted by molar-refractivity contribution is 0.0926. The smallest absolute Gasteiger partial charge is 0.271 e. The number of rotatable bonds is 6. The first kappa shape index (κ1) is 20.6. The molecule has 2 unspecified atom stereocenters. The summed E-state index contributed by atoms with van der Waals surface area (Å²) in [6.45, 7) is 4.24. The lowest BCUT2D eigenvalue weighted by Crippen LogP contribution is -2.34. The number of piperidine rings is 1. The highest BCUT2D eigenvalue weighted by molar-refractivity contribution is 6.30. The van der Waals surface area contributed by atoms with Crippen LogP contribution in [0.5, 0.6) is 5.75 Å². The quantitative estimate of drug-likeness (QED) is 0.784. The van der Waals surface area contributed by atoms with Crippen molar-refractivity contribution in [1.29, 1.82) is 0 Å². The van der Waals surface area contributed by atoms with Gasteiger partial charge in [0, 0.05) is 17.8 Å². The summed E-state index contributed by atoms with van der Waals surface area (Å²) in [5.41, 5.74) is 0.431. The number of benzene rings is 1. The van der Waals surface area contributed by atoms with Gasteiger partial charge in [0.25, 0.3) is 5.91 Å². The molecule has 0 aliphatic carbocycles. The fourth-order valence-corrected chi connectivity index (χ4v) is 3.04. The van der Waals surface area contributed by atoms with E-state index in [0.29, 0.717) is 29.1 Å². The number of hydrogen-bond donors (Lipinski definition) is 2. The van der Waals surface area contributed by atoms with Crippen molar-refractivity contribution in [1.82, 2.24) is 20.4 Å². The average Bonchev–Trinajstić information content (AvgIpc) is 3.11. The summed E-state index contributed by atoms with van der Waals surface area (Å²) in [5, 5.41) is 11.2. The van der Waals surface area contributed by atoms with Gasteiger partial charge in [-0.2, -0.15) is 5.10 Å². The predicted molar refractivity (Wildman–Crippen MR) is 104 cm³/mol. The first-order valence-corrected chi connectivity index (χ1v) is 8.96. The molecule has 0 saturated carbocycles. The monoisotopic (exact) mass is 398 g/mol. The lowest BCUT2D eigenvalue weighted by atomic mass is 10.1. The Morgan fingerprint density at radius 3 is 3.08 bits per heavy atom. The van der Waals surface area contributed by atoms with Gasteiger partial charge in [0.2, 0.25) is 0 Å². The van der Waals surface area contributed by atoms with E-state index in [1.165, 1.54) is 0 Å². The number of nitrogens with zero attached hydrogens (tertiary/aromatic N) is 2. The Morgan fingerprint density at radius 2 is 2.35 bits per heavy atom. The highest BCUT2D eigenvalue weighted by atomic mass is 35.5. The van der Waals surface area contributed by atoms with E-state index in [2.05, 4.69) is 15.7 Å². The van der Waals surface area contributed by atoms with Crippen LogP contribution < -0.4 is 15.4 Å². The van der Waals surface area contributed by atoms with E-state index >= 15 is 0 Å². The molecule has 142 valence electrons. The molecule has 26 heavy (non-hydrogen) atoms. The van der Waals surface area contributed by atoms with E-state index in [4.69, 9.17) is 16.3 Å². The zero-order valence-electron chi connectivity index (χ0n) is 14.7. The van der Waals surface area contributed by atoms with Gasteiger partial charge in [-0.3, -0.25) is 9.48 Å². The number of carbonyl (C=O) groups excluding carboxylic acids is 1. The fraction of sp³-hybridized carbons (Fsp3) is 0.444. The number of ether oxygens (including phenoxy) is 1. The van der Waals surface area contributed by atoms with Crippen LogP contribution in [0.3, 0.4) is 0 Å². The van der Waals surface area contributed by atoms with Crippen LogP contribution in [-0.2, 0) is 0 Å². The average molecular weight is 399 g/mol. The number of halogens is 2. The van der Waals surface area contributed by atoms with Gasteiger partial charge in [0.15, 0.2) is 0 Å². The van der Waals surface area contributed by atoms with Crippen molar-refractivity contribution in [3.05, 3.63) is 47.2 Å². The molecule has 2 atom stereocenters. The molecule has 0 bridgehead atoms. The molecule has 8 heteroatoms. The van der Waals surface area contributed by atoms with Gasteiger partial charge in [-0.1, -0.05) is 17.7 Å². The largest absolute Gasteiger partial charge is 0.489 e. The van der Waals surface area contributed by atoms with Crippen LogP contribution in [0.1, 0.15) is 36.3 Å². The first-order chi connectivity index (χ1) is 12.1. The molecule has 6 nitrogen and oxygen atoms in total. The van der Waals surface area contributed by atoms with E-state index < -0.39 is 0 Å². The molecule has 1 aromatic carbocycles. The molecule has 1 aliphatic rings. The molecule has 1 saturated heterocycles. The van der Waals surface area contributed by atoms with E-state index in [0.717, 1.165) is 25.9 Å². The summed E-state index contributed by atoms with van der Waals surface area (Å²) >= 11 is 5.94. The van der Waals surface area contributed by atoms with Gasteiger partial charge >= 0.3 is 0 Å². The minimum absolute atomic E-state index is 0. The Labute approximate surface area is 164 Å². The van der Waals surface area contributed by atoms with Crippen LogP contribution in [0.15, 0.2) is 36.5 Å². The number of nitrogens with one attached hydrogen (secondary N) is 2. The molecule has 1 aromatic heterocycles. The summed E-state index contributed by atoms with van der Waals surface area (Å²) < 4.78 is 7.63. The van der Waals surface area contributed by atoms with Gasteiger partial charge in [-0.15, -0.1) is 12.4 Å². The SMILES string of the molecule is CC(CNC(=O)c1ccn(C2CCCNC2)n1)Oc1cccc(Cl)c1.Cl. The minimum atomic E-state index is -0.191. The summed E-state index contributed by atoms with van der Waals surface area (Å²) in [7, 11) is 0. The summed E-state index contributed by atoms with van der Waals surface area (Å²) in [5.74, 6) is 0.493. The number of amides is 1. The molecule has 2 aromatic rings. The van der Waals surface area contributed by atoms with Gasteiger partial charge in [0.05, 0.1) is 12.6 Å². The molecule has 2 heterocycles. The van der Waals surface area contributed by atoms with E-state index in [1.807, 2.05) is 29.9 Å². The minimum Gasteiger partial charge on any atom is -0.489 e. The first-order valence-electron chi connectivity index (χ1n) is 8.58. The van der Waals surface area contributed by atoms with Crippen molar-refractivity contribution in [2.24, 2.45) is 0 Å². The van der Waals surface area contributed by atoms with Crippen molar-refractivity contribution < 1.29 is 9.53 Å². The van der Waals surface area contributed by atoms with Crippen LogP contribution in [0.4, 0.5) is 0 Å². The van der Waals surface area contributed by atoms with Crippen molar-refractivity contribution in [2.45, 2.75) is 31.9 Å². The van der Waals surface area contributed by atoms with Gasteiger partial charge < -0.3 is 15.4 Å². The normalized spacial score (nSPS) is 17.8. The number of hydrogen-bond acceptors (Lipinski definition) is 4.